The summed E-state index contributed by atoms with van der Waals surface area (Å²) in [5.74, 6) is 0.672. The van der Waals surface area contributed by atoms with Gasteiger partial charge in [-0.3, -0.25) is 9.67 Å². The summed E-state index contributed by atoms with van der Waals surface area (Å²) in [6.07, 6.45) is 4.78. The Morgan fingerprint density at radius 1 is 1.18 bits per heavy atom. The van der Waals surface area contributed by atoms with Gasteiger partial charge in [-0.25, -0.2) is 9.78 Å². The molecule has 22 heavy (non-hydrogen) atoms. The first-order valence-corrected chi connectivity index (χ1v) is 6.72. The third kappa shape index (κ3) is 2.85. The van der Waals surface area contributed by atoms with Gasteiger partial charge in [-0.2, -0.15) is 5.10 Å². The number of hydrogen-bond acceptors (Lipinski definition) is 5. The average molecular weight is 294 g/mol. The largest absolute Gasteiger partial charge is 0.423 e. The maximum atomic E-state index is 12.1. The van der Waals surface area contributed by atoms with Gasteiger partial charge < -0.3 is 4.74 Å². The first-order chi connectivity index (χ1) is 10.6. The fourth-order valence-electron chi connectivity index (χ4n) is 1.98. The lowest BCUT2D eigenvalue weighted by Gasteiger charge is -2.06. The smallest absolute Gasteiger partial charge is 0.345 e. The van der Waals surface area contributed by atoms with Crippen molar-refractivity contribution in [2.45, 2.75) is 6.92 Å². The van der Waals surface area contributed by atoms with Crippen molar-refractivity contribution >= 4 is 5.97 Å². The van der Waals surface area contributed by atoms with Crippen LogP contribution in [0.4, 0.5) is 0 Å². The number of ether oxygens (including phenoxy) is 1. The fraction of sp³-hybridized carbons (Fsp3) is 0.125. The van der Waals surface area contributed by atoms with Crippen LogP contribution in [0, 0.1) is 6.92 Å². The molecule has 2 heterocycles. The van der Waals surface area contributed by atoms with E-state index in [2.05, 4.69) is 15.1 Å². The van der Waals surface area contributed by atoms with Gasteiger partial charge >= 0.3 is 5.97 Å². The van der Waals surface area contributed by atoms with Crippen LogP contribution in [-0.2, 0) is 7.05 Å². The van der Waals surface area contributed by atoms with E-state index in [9.17, 15) is 4.79 Å². The molecule has 2 aromatic heterocycles. The second-order valence-corrected chi connectivity index (χ2v) is 4.85. The molecule has 0 amide bonds. The second kappa shape index (κ2) is 5.77. The van der Waals surface area contributed by atoms with Gasteiger partial charge in [0.2, 0.25) is 0 Å². The predicted molar refractivity (Wildman–Crippen MR) is 80.4 cm³/mol. The highest BCUT2D eigenvalue weighted by atomic mass is 16.5. The van der Waals surface area contributed by atoms with Crippen LogP contribution in [0.15, 0.2) is 49.1 Å². The molecule has 0 N–H and O–H groups in total. The summed E-state index contributed by atoms with van der Waals surface area (Å²) in [5.41, 5.74) is 2.14. The molecule has 0 bridgehead atoms. The minimum absolute atomic E-state index is 0.422. The van der Waals surface area contributed by atoms with Crippen molar-refractivity contribution in [1.82, 2.24) is 19.7 Å². The first kappa shape index (κ1) is 13.9. The summed E-state index contributed by atoms with van der Waals surface area (Å²) in [4.78, 5) is 20.2. The van der Waals surface area contributed by atoms with E-state index in [-0.39, 0.29) is 0 Å². The molecule has 0 radical (unpaired) electrons. The van der Waals surface area contributed by atoms with Crippen LogP contribution in [0.3, 0.4) is 0 Å². The summed E-state index contributed by atoms with van der Waals surface area (Å²) < 4.78 is 6.99. The Labute approximate surface area is 127 Å². The standard InChI is InChI=1S/C16H14N4O2/c1-11-7-8-17-9-14(11)16(21)22-13-5-3-12(4-6-13)15-18-10-20(2)19-15/h3-10H,1-2H3. The van der Waals surface area contributed by atoms with E-state index in [1.807, 2.05) is 26.1 Å². The van der Waals surface area contributed by atoms with Gasteiger partial charge in [0.05, 0.1) is 5.56 Å². The summed E-state index contributed by atoms with van der Waals surface area (Å²) in [6, 6.07) is 8.83. The fourth-order valence-corrected chi connectivity index (χ4v) is 1.98. The van der Waals surface area contributed by atoms with Crippen LogP contribution in [0.2, 0.25) is 0 Å². The van der Waals surface area contributed by atoms with Crippen molar-refractivity contribution in [3.8, 4) is 17.1 Å². The molecule has 3 rings (SSSR count). The molecule has 110 valence electrons. The molecule has 0 saturated heterocycles. The Hall–Kier alpha value is -3.02. The lowest BCUT2D eigenvalue weighted by atomic mass is 10.1. The zero-order valence-electron chi connectivity index (χ0n) is 12.2. The van der Waals surface area contributed by atoms with Crippen molar-refractivity contribution in [2.24, 2.45) is 7.05 Å². The SMILES string of the molecule is Cc1ccncc1C(=O)Oc1ccc(-c2ncn(C)n2)cc1. The highest BCUT2D eigenvalue weighted by Crippen LogP contribution is 2.20. The third-order valence-corrected chi connectivity index (χ3v) is 3.18. The molecule has 0 aliphatic carbocycles. The molecule has 0 atom stereocenters. The average Bonchev–Trinajstić information content (AvgIpc) is 2.95. The second-order valence-electron chi connectivity index (χ2n) is 4.85. The Morgan fingerprint density at radius 3 is 2.59 bits per heavy atom. The molecule has 0 fully saturated rings. The number of aromatic nitrogens is 4. The number of carbonyl (C=O) groups is 1. The lowest BCUT2D eigenvalue weighted by Crippen LogP contribution is -2.10. The van der Waals surface area contributed by atoms with Crippen molar-refractivity contribution in [3.63, 3.8) is 0 Å². The van der Waals surface area contributed by atoms with E-state index in [0.717, 1.165) is 11.1 Å². The molecule has 0 saturated carbocycles. The number of esters is 1. The van der Waals surface area contributed by atoms with E-state index in [1.165, 1.54) is 6.20 Å². The topological polar surface area (TPSA) is 69.9 Å². The van der Waals surface area contributed by atoms with Gasteiger partial charge in [-0.15, -0.1) is 0 Å². The zero-order valence-corrected chi connectivity index (χ0v) is 12.2. The first-order valence-electron chi connectivity index (χ1n) is 6.72. The molecule has 0 spiro atoms. The molecule has 0 aliphatic rings. The van der Waals surface area contributed by atoms with Gasteiger partial charge in [-0.1, -0.05) is 0 Å². The Balaban J connectivity index is 1.76. The van der Waals surface area contributed by atoms with Crippen molar-refractivity contribution < 1.29 is 9.53 Å². The monoisotopic (exact) mass is 294 g/mol. The number of carbonyl (C=O) groups excluding carboxylic acids is 1. The minimum atomic E-state index is -0.422. The normalized spacial score (nSPS) is 10.5. The van der Waals surface area contributed by atoms with Crippen LogP contribution in [0.1, 0.15) is 15.9 Å². The van der Waals surface area contributed by atoms with Crippen LogP contribution >= 0.6 is 0 Å². The summed E-state index contributed by atoms with van der Waals surface area (Å²) in [7, 11) is 1.81. The van der Waals surface area contributed by atoms with E-state index in [1.54, 1.807) is 35.4 Å². The molecule has 6 heteroatoms. The zero-order chi connectivity index (χ0) is 15.5. The summed E-state index contributed by atoms with van der Waals surface area (Å²) in [6.45, 7) is 1.84. The molecule has 3 aromatic rings. The molecule has 6 nitrogen and oxygen atoms in total. The number of hydrogen-bond donors (Lipinski definition) is 0. The molecule has 0 unspecified atom stereocenters. The van der Waals surface area contributed by atoms with E-state index in [0.29, 0.717) is 17.1 Å². The maximum absolute atomic E-state index is 12.1. The number of pyridine rings is 1. The summed E-state index contributed by atoms with van der Waals surface area (Å²) >= 11 is 0. The number of rotatable bonds is 3. The Morgan fingerprint density at radius 2 is 1.95 bits per heavy atom. The highest BCUT2D eigenvalue weighted by Gasteiger charge is 2.12. The minimum Gasteiger partial charge on any atom is -0.423 e. The van der Waals surface area contributed by atoms with Gasteiger partial charge in [0.25, 0.3) is 0 Å². The van der Waals surface area contributed by atoms with Crippen LogP contribution in [-0.4, -0.2) is 25.7 Å². The summed E-state index contributed by atoms with van der Waals surface area (Å²) in [5, 5.41) is 4.22. The van der Waals surface area contributed by atoms with Crippen molar-refractivity contribution in [1.29, 1.82) is 0 Å². The number of benzene rings is 1. The van der Waals surface area contributed by atoms with Gasteiger partial charge in [0, 0.05) is 25.0 Å². The maximum Gasteiger partial charge on any atom is 0.345 e. The van der Waals surface area contributed by atoms with Crippen LogP contribution in [0.25, 0.3) is 11.4 Å². The number of aryl methyl sites for hydroxylation is 2. The molecule has 0 aliphatic heterocycles. The Kier molecular flexibility index (Phi) is 3.65. The third-order valence-electron chi connectivity index (χ3n) is 3.18. The highest BCUT2D eigenvalue weighted by molar-refractivity contribution is 5.92. The van der Waals surface area contributed by atoms with Crippen molar-refractivity contribution in [2.75, 3.05) is 0 Å². The van der Waals surface area contributed by atoms with Gasteiger partial charge in [0.1, 0.15) is 12.1 Å². The van der Waals surface area contributed by atoms with Crippen LogP contribution in [0.5, 0.6) is 5.75 Å². The molecular formula is C16H14N4O2. The quantitative estimate of drug-likeness (QED) is 0.548. The van der Waals surface area contributed by atoms with E-state index in [4.69, 9.17) is 4.74 Å². The van der Waals surface area contributed by atoms with Crippen molar-refractivity contribution in [3.05, 3.63) is 60.2 Å². The molecule has 1 aromatic carbocycles. The van der Waals surface area contributed by atoms with Crippen LogP contribution < -0.4 is 4.74 Å². The predicted octanol–water partition coefficient (Wildman–Crippen LogP) is 2.40. The molecular weight excluding hydrogens is 280 g/mol. The van der Waals surface area contributed by atoms with E-state index < -0.39 is 5.97 Å². The van der Waals surface area contributed by atoms with Gasteiger partial charge in [0.15, 0.2) is 5.82 Å². The Bertz CT molecular complexity index is 809. The van der Waals surface area contributed by atoms with E-state index >= 15 is 0 Å². The number of nitrogens with zero attached hydrogens (tertiary/aromatic N) is 4. The lowest BCUT2D eigenvalue weighted by molar-refractivity contribution is 0.0733. The van der Waals surface area contributed by atoms with Gasteiger partial charge in [-0.05, 0) is 42.8 Å².